The predicted octanol–water partition coefficient (Wildman–Crippen LogP) is 3.34. The van der Waals surface area contributed by atoms with Gasteiger partial charge in [-0.15, -0.1) is 0 Å². The van der Waals surface area contributed by atoms with Crippen molar-refractivity contribution in [2.45, 2.75) is 0 Å². The number of fused-ring (bicyclic) bond motifs is 1. The lowest BCUT2D eigenvalue weighted by Gasteiger charge is -2.28. The Balaban J connectivity index is 1.83. The first kappa shape index (κ1) is 14.4. The smallest absolute Gasteiger partial charge is 0.251 e. The molecule has 0 unspecified atom stereocenters. The van der Waals surface area contributed by atoms with Crippen molar-refractivity contribution in [1.82, 2.24) is 0 Å². The second-order valence-corrected chi connectivity index (χ2v) is 5.31. The van der Waals surface area contributed by atoms with Gasteiger partial charge in [-0.05, 0) is 35.9 Å². The highest BCUT2D eigenvalue weighted by atomic mass is 35.5. The Morgan fingerprint density at radius 1 is 1.14 bits per heavy atom. The van der Waals surface area contributed by atoms with Crippen molar-refractivity contribution < 1.29 is 9.59 Å². The molecule has 2 amide bonds. The Morgan fingerprint density at radius 2 is 1.86 bits per heavy atom. The van der Waals surface area contributed by atoms with Gasteiger partial charge < -0.3 is 5.32 Å². The lowest BCUT2D eigenvalue weighted by atomic mass is 10.1. The number of anilines is 2. The summed E-state index contributed by atoms with van der Waals surface area (Å²) in [6.07, 6.45) is 3.16. The number of para-hydroxylation sites is 2. The van der Waals surface area contributed by atoms with Gasteiger partial charge in [-0.3, -0.25) is 14.5 Å². The molecule has 5 heteroatoms. The lowest BCUT2D eigenvalue weighted by Crippen LogP contribution is -2.41. The fourth-order valence-corrected chi connectivity index (χ4v) is 2.39. The number of amides is 2. The van der Waals surface area contributed by atoms with Crippen LogP contribution in [0.1, 0.15) is 5.56 Å². The van der Waals surface area contributed by atoms with Crippen LogP contribution in [0.5, 0.6) is 0 Å². The molecule has 1 heterocycles. The Kier molecular flexibility index (Phi) is 3.94. The van der Waals surface area contributed by atoms with Crippen LogP contribution in [0.15, 0.2) is 54.6 Å². The zero-order chi connectivity index (χ0) is 15.5. The third-order valence-corrected chi connectivity index (χ3v) is 3.58. The van der Waals surface area contributed by atoms with Crippen LogP contribution in [0, 0.1) is 0 Å². The minimum absolute atomic E-state index is 0.0147. The molecule has 1 aliphatic heterocycles. The third kappa shape index (κ3) is 3.02. The molecule has 0 atom stereocenters. The van der Waals surface area contributed by atoms with Gasteiger partial charge in [-0.1, -0.05) is 35.9 Å². The van der Waals surface area contributed by atoms with Crippen molar-refractivity contribution in [2.75, 3.05) is 16.8 Å². The number of halogens is 1. The van der Waals surface area contributed by atoms with Crippen LogP contribution in [-0.4, -0.2) is 18.4 Å². The van der Waals surface area contributed by atoms with Gasteiger partial charge in [0.15, 0.2) is 0 Å². The summed E-state index contributed by atoms with van der Waals surface area (Å²) in [5, 5.41) is 3.40. The van der Waals surface area contributed by atoms with E-state index in [0.717, 1.165) is 5.56 Å². The van der Waals surface area contributed by atoms with Crippen molar-refractivity contribution in [1.29, 1.82) is 0 Å². The second-order valence-electron chi connectivity index (χ2n) is 4.87. The summed E-state index contributed by atoms with van der Waals surface area (Å²) < 4.78 is 0. The van der Waals surface area contributed by atoms with Crippen molar-refractivity contribution in [3.63, 3.8) is 0 Å². The van der Waals surface area contributed by atoms with Crippen LogP contribution in [0.3, 0.4) is 0 Å². The first-order valence-electron chi connectivity index (χ1n) is 6.77. The van der Waals surface area contributed by atoms with E-state index in [1.54, 1.807) is 24.3 Å². The summed E-state index contributed by atoms with van der Waals surface area (Å²) in [4.78, 5) is 25.5. The molecule has 0 aliphatic carbocycles. The number of nitrogens with one attached hydrogen (secondary N) is 1. The van der Waals surface area contributed by atoms with E-state index in [0.29, 0.717) is 16.4 Å². The normalized spacial score (nSPS) is 13.9. The number of hydrogen-bond acceptors (Lipinski definition) is 2. The van der Waals surface area contributed by atoms with Crippen molar-refractivity contribution >= 4 is 40.9 Å². The molecule has 0 saturated carbocycles. The maximum Gasteiger partial charge on any atom is 0.251 e. The van der Waals surface area contributed by atoms with E-state index in [1.807, 2.05) is 30.3 Å². The Hall–Kier alpha value is -2.59. The van der Waals surface area contributed by atoms with Gasteiger partial charge in [-0.25, -0.2) is 0 Å². The minimum atomic E-state index is -0.239. The molecule has 0 bridgehead atoms. The molecule has 22 heavy (non-hydrogen) atoms. The highest BCUT2D eigenvalue weighted by Crippen LogP contribution is 2.29. The van der Waals surface area contributed by atoms with E-state index >= 15 is 0 Å². The Morgan fingerprint density at radius 3 is 2.64 bits per heavy atom. The highest BCUT2D eigenvalue weighted by Gasteiger charge is 2.24. The number of hydrogen-bond donors (Lipinski definition) is 1. The van der Waals surface area contributed by atoms with Gasteiger partial charge >= 0.3 is 0 Å². The zero-order valence-corrected chi connectivity index (χ0v) is 12.4. The quantitative estimate of drug-likeness (QED) is 0.865. The van der Waals surface area contributed by atoms with E-state index in [1.165, 1.54) is 11.0 Å². The predicted molar refractivity (Wildman–Crippen MR) is 87.9 cm³/mol. The molecule has 1 aliphatic rings. The second kappa shape index (κ2) is 6.03. The molecule has 110 valence electrons. The maximum atomic E-state index is 12.4. The van der Waals surface area contributed by atoms with Gasteiger partial charge in [0.05, 0.1) is 11.4 Å². The summed E-state index contributed by atoms with van der Waals surface area (Å²) in [6, 6.07) is 14.4. The third-order valence-electron chi connectivity index (χ3n) is 3.33. The molecule has 3 rings (SSSR count). The zero-order valence-electron chi connectivity index (χ0n) is 11.6. The van der Waals surface area contributed by atoms with Crippen molar-refractivity contribution in [3.8, 4) is 0 Å². The van der Waals surface area contributed by atoms with Crippen molar-refractivity contribution in [3.05, 3.63) is 65.2 Å². The average Bonchev–Trinajstić information content (AvgIpc) is 2.53. The molecule has 2 aromatic carbocycles. The van der Waals surface area contributed by atoms with Gasteiger partial charge in [0.25, 0.3) is 5.91 Å². The van der Waals surface area contributed by atoms with Crippen molar-refractivity contribution in [2.24, 2.45) is 0 Å². The summed E-state index contributed by atoms with van der Waals surface area (Å²) in [5.41, 5.74) is 2.22. The summed E-state index contributed by atoms with van der Waals surface area (Å²) in [7, 11) is 0. The summed E-state index contributed by atoms with van der Waals surface area (Å²) in [5.74, 6) is -0.441. The highest BCUT2D eigenvalue weighted by molar-refractivity contribution is 6.30. The first-order valence-corrected chi connectivity index (χ1v) is 7.15. The summed E-state index contributed by atoms with van der Waals surface area (Å²) in [6.45, 7) is 0.0147. The number of carbonyl (C=O) groups is 2. The standard InChI is InChI=1S/C17H13ClN2O2/c18-13-8-5-12(6-9-13)7-10-17(22)20-11-16(21)19-14-3-1-2-4-15(14)20/h1-10H,11H2,(H,19,21)/b10-7+. The molecular weight excluding hydrogens is 300 g/mol. The fraction of sp³-hybridized carbons (Fsp3) is 0.0588. The van der Waals surface area contributed by atoms with E-state index in [2.05, 4.69) is 5.32 Å². The van der Waals surface area contributed by atoms with Gasteiger partial charge in [-0.2, -0.15) is 0 Å². The van der Waals surface area contributed by atoms with E-state index < -0.39 is 0 Å². The van der Waals surface area contributed by atoms with Crippen LogP contribution < -0.4 is 10.2 Å². The van der Waals surface area contributed by atoms with Gasteiger partial charge in [0.2, 0.25) is 5.91 Å². The molecular formula is C17H13ClN2O2. The molecule has 0 radical (unpaired) electrons. The van der Waals surface area contributed by atoms with E-state index in [4.69, 9.17) is 11.6 Å². The molecule has 4 nitrogen and oxygen atoms in total. The summed E-state index contributed by atoms with van der Waals surface area (Å²) >= 11 is 5.82. The van der Waals surface area contributed by atoms with Gasteiger partial charge in [0, 0.05) is 11.1 Å². The number of rotatable bonds is 2. The molecule has 2 aromatic rings. The molecule has 0 aromatic heterocycles. The Labute approximate surface area is 133 Å². The van der Waals surface area contributed by atoms with Gasteiger partial charge in [0.1, 0.15) is 6.54 Å². The average molecular weight is 313 g/mol. The van der Waals surface area contributed by atoms with Crippen LogP contribution in [0.4, 0.5) is 11.4 Å². The molecule has 1 N–H and O–H groups in total. The van der Waals surface area contributed by atoms with Crippen LogP contribution in [0.2, 0.25) is 5.02 Å². The fourth-order valence-electron chi connectivity index (χ4n) is 2.26. The lowest BCUT2D eigenvalue weighted by molar-refractivity contribution is -0.119. The number of benzene rings is 2. The SMILES string of the molecule is O=C1CN(C(=O)/C=C/c2ccc(Cl)cc2)c2ccccc2N1. The molecule has 0 saturated heterocycles. The van der Waals surface area contributed by atoms with Crippen LogP contribution in [-0.2, 0) is 9.59 Å². The first-order chi connectivity index (χ1) is 10.6. The van der Waals surface area contributed by atoms with E-state index in [9.17, 15) is 9.59 Å². The Bertz CT molecular complexity index is 754. The number of nitrogens with zero attached hydrogens (tertiary/aromatic N) is 1. The van der Waals surface area contributed by atoms with E-state index in [-0.39, 0.29) is 18.4 Å². The largest absolute Gasteiger partial charge is 0.323 e. The topological polar surface area (TPSA) is 49.4 Å². The minimum Gasteiger partial charge on any atom is -0.323 e. The molecule has 0 spiro atoms. The number of carbonyl (C=O) groups excluding carboxylic acids is 2. The van der Waals surface area contributed by atoms with Crippen LogP contribution in [0.25, 0.3) is 6.08 Å². The van der Waals surface area contributed by atoms with Crippen LogP contribution >= 0.6 is 11.6 Å². The molecule has 0 fully saturated rings. The monoisotopic (exact) mass is 312 g/mol. The maximum absolute atomic E-state index is 12.4.